The van der Waals surface area contributed by atoms with Gasteiger partial charge < -0.3 is 20.1 Å². The predicted octanol–water partition coefficient (Wildman–Crippen LogP) is 5.13. The summed E-state index contributed by atoms with van der Waals surface area (Å²) in [7, 11) is 0. The third-order valence-electron chi connectivity index (χ3n) is 4.66. The van der Waals surface area contributed by atoms with Gasteiger partial charge >= 0.3 is 0 Å². The van der Waals surface area contributed by atoms with Crippen molar-refractivity contribution < 1.29 is 14.3 Å². The number of halogens is 1. The van der Waals surface area contributed by atoms with Crippen LogP contribution in [0.2, 0.25) is 0 Å². The lowest BCUT2D eigenvalue weighted by Gasteiger charge is -2.19. The first kappa shape index (κ1) is 23.7. The summed E-state index contributed by atoms with van der Waals surface area (Å²) in [5, 5.41) is 6.19. The molecule has 0 bridgehead atoms. The summed E-state index contributed by atoms with van der Waals surface area (Å²) >= 11 is 2.22. The van der Waals surface area contributed by atoms with Crippen molar-refractivity contribution in [3.63, 3.8) is 0 Å². The first-order chi connectivity index (χ1) is 15.5. The lowest BCUT2D eigenvalue weighted by atomic mass is 10.2. The van der Waals surface area contributed by atoms with Crippen LogP contribution in [0.4, 0.5) is 0 Å². The van der Waals surface area contributed by atoms with Gasteiger partial charge in [-0.2, -0.15) is 0 Å². The number of rotatable bonds is 11. The Morgan fingerprint density at radius 1 is 0.906 bits per heavy atom. The van der Waals surface area contributed by atoms with E-state index in [1.165, 1.54) is 0 Å². The molecular formula is C26H27IN2O3. The lowest BCUT2D eigenvalue weighted by Crippen LogP contribution is -2.28. The SMILES string of the molecule is C=C(NC[C@H](C)Oc1cccc(OCCNC(=O)c2ccccc2)c1I)c1ccccc1. The second-order valence-electron chi connectivity index (χ2n) is 7.19. The Kier molecular flexibility index (Phi) is 8.98. The van der Waals surface area contributed by atoms with Gasteiger partial charge in [0, 0.05) is 11.3 Å². The van der Waals surface area contributed by atoms with E-state index in [0.717, 1.165) is 26.3 Å². The molecule has 1 amide bonds. The second kappa shape index (κ2) is 12.1. The molecule has 0 heterocycles. The third-order valence-corrected chi connectivity index (χ3v) is 5.73. The molecule has 2 N–H and O–H groups in total. The van der Waals surface area contributed by atoms with Crippen LogP contribution in [0, 0.1) is 3.57 Å². The third kappa shape index (κ3) is 7.02. The minimum absolute atomic E-state index is 0.0654. The van der Waals surface area contributed by atoms with Gasteiger partial charge in [0.05, 0.1) is 16.7 Å². The molecule has 0 aliphatic rings. The molecule has 3 aromatic rings. The molecule has 0 fully saturated rings. The van der Waals surface area contributed by atoms with E-state index in [2.05, 4.69) is 39.8 Å². The fourth-order valence-electron chi connectivity index (χ4n) is 2.98. The summed E-state index contributed by atoms with van der Waals surface area (Å²) in [6.45, 7) is 7.50. The summed E-state index contributed by atoms with van der Waals surface area (Å²) in [4.78, 5) is 12.1. The Morgan fingerprint density at radius 3 is 2.22 bits per heavy atom. The summed E-state index contributed by atoms with van der Waals surface area (Å²) in [6, 6.07) is 24.9. The number of carbonyl (C=O) groups is 1. The van der Waals surface area contributed by atoms with Crippen LogP contribution in [0.15, 0.2) is 85.4 Å². The van der Waals surface area contributed by atoms with Gasteiger partial charge in [0.25, 0.3) is 5.91 Å². The van der Waals surface area contributed by atoms with Crippen molar-refractivity contribution in [3.8, 4) is 11.5 Å². The highest BCUT2D eigenvalue weighted by Gasteiger charge is 2.12. The fraction of sp³-hybridized carbons (Fsp3) is 0.192. The maximum Gasteiger partial charge on any atom is 0.251 e. The number of carbonyl (C=O) groups excluding carboxylic acids is 1. The Balaban J connectivity index is 1.46. The number of hydrogen-bond acceptors (Lipinski definition) is 4. The highest BCUT2D eigenvalue weighted by atomic mass is 127. The van der Waals surface area contributed by atoms with E-state index >= 15 is 0 Å². The van der Waals surface area contributed by atoms with E-state index in [9.17, 15) is 4.79 Å². The minimum Gasteiger partial charge on any atom is -0.490 e. The Bertz CT molecular complexity index is 1030. The normalized spacial score (nSPS) is 11.3. The van der Waals surface area contributed by atoms with Crippen LogP contribution in [0.3, 0.4) is 0 Å². The largest absolute Gasteiger partial charge is 0.490 e. The molecule has 3 aromatic carbocycles. The predicted molar refractivity (Wildman–Crippen MR) is 137 cm³/mol. The van der Waals surface area contributed by atoms with E-state index in [1.54, 1.807) is 12.1 Å². The van der Waals surface area contributed by atoms with Crippen LogP contribution in [0.5, 0.6) is 11.5 Å². The fourth-order valence-corrected chi connectivity index (χ4v) is 3.62. The van der Waals surface area contributed by atoms with Crippen LogP contribution in [0.1, 0.15) is 22.8 Å². The molecule has 0 saturated heterocycles. The van der Waals surface area contributed by atoms with Gasteiger partial charge in [0.1, 0.15) is 24.2 Å². The van der Waals surface area contributed by atoms with Crippen LogP contribution in [0.25, 0.3) is 5.70 Å². The highest BCUT2D eigenvalue weighted by molar-refractivity contribution is 14.1. The summed E-state index contributed by atoms with van der Waals surface area (Å²) in [5.74, 6) is 1.38. The topological polar surface area (TPSA) is 59.6 Å². The molecule has 1 atom stereocenters. The van der Waals surface area contributed by atoms with Crippen molar-refractivity contribution in [2.75, 3.05) is 19.7 Å². The zero-order valence-corrected chi connectivity index (χ0v) is 20.2. The van der Waals surface area contributed by atoms with Crippen LogP contribution in [-0.4, -0.2) is 31.7 Å². The average molecular weight is 542 g/mol. The van der Waals surface area contributed by atoms with Crippen molar-refractivity contribution in [1.29, 1.82) is 0 Å². The van der Waals surface area contributed by atoms with Gasteiger partial charge in [0.15, 0.2) is 0 Å². The lowest BCUT2D eigenvalue weighted by molar-refractivity contribution is 0.0947. The number of benzene rings is 3. The Morgan fingerprint density at radius 2 is 1.53 bits per heavy atom. The van der Waals surface area contributed by atoms with Gasteiger partial charge in [-0.25, -0.2) is 0 Å². The van der Waals surface area contributed by atoms with Gasteiger partial charge in [-0.3, -0.25) is 4.79 Å². The zero-order valence-electron chi connectivity index (χ0n) is 18.0. The summed E-state index contributed by atoms with van der Waals surface area (Å²) in [6.07, 6.45) is -0.0654. The van der Waals surface area contributed by atoms with Crippen molar-refractivity contribution >= 4 is 34.2 Å². The highest BCUT2D eigenvalue weighted by Crippen LogP contribution is 2.30. The smallest absolute Gasteiger partial charge is 0.251 e. The molecule has 0 radical (unpaired) electrons. The summed E-state index contributed by atoms with van der Waals surface area (Å²) < 4.78 is 12.9. The molecule has 166 valence electrons. The Hall–Kier alpha value is -3.00. The molecule has 6 heteroatoms. The molecule has 3 rings (SSSR count). The second-order valence-corrected chi connectivity index (χ2v) is 8.27. The molecule has 0 aliphatic carbocycles. The van der Waals surface area contributed by atoms with E-state index in [-0.39, 0.29) is 12.0 Å². The first-order valence-corrected chi connectivity index (χ1v) is 11.5. The number of nitrogens with one attached hydrogen (secondary N) is 2. The minimum atomic E-state index is -0.112. The van der Waals surface area contributed by atoms with E-state index < -0.39 is 0 Å². The number of ether oxygens (including phenoxy) is 2. The van der Waals surface area contributed by atoms with Crippen molar-refractivity contribution in [3.05, 3.63) is 100 Å². The van der Waals surface area contributed by atoms with Gasteiger partial charge in [-0.1, -0.05) is 61.2 Å². The molecule has 0 aromatic heterocycles. The van der Waals surface area contributed by atoms with E-state index in [4.69, 9.17) is 9.47 Å². The molecule has 32 heavy (non-hydrogen) atoms. The van der Waals surface area contributed by atoms with Crippen LogP contribution < -0.4 is 20.1 Å². The summed E-state index contributed by atoms with van der Waals surface area (Å²) in [5.41, 5.74) is 2.56. The maximum atomic E-state index is 12.1. The van der Waals surface area contributed by atoms with Gasteiger partial charge in [-0.15, -0.1) is 0 Å². The monoisotopic (exact) mass is 542 g/mol. The molecule has 5 nitrogen and oxygen atoms in total. The standard InChI is InChI=1S/C26H27IN2O3/c1-19(18-29-20(2)21-10-5-3-6-11-21)32-24-15-9-14-23(25(24)27)31-17-16-28-26(30)22-12-7-4-8-13-22/h3-15,19,29H,2,16-18H2,1H3,(H,28,30)/t19-/m0/s1. The van der Waals surface area contributed by atoms with Crippen molar-refractivity contribution in [2.24, 2.45) is 0 Å². The van der Waals surface area contributed by atoms with Crippen molar-refractivity contribution in [1.82, 2.24) is 10.6 Å². The molecular weight excluding hydrogens is 515 g/mol. The Labute approximate surface area is 203 Å². The van der Waals surface area contributed by atoms with Crippen molar-refractivity contribution in [2.45, 2.75) is 13.0 Å². The number of amides is 1. The molecule has 0 aliphatic heterocycles. The van der Waals surface area contributed by atoms with Crippen LogP contribution in [-0.2, 0) is 0 Å². The molecule has 0 saturated carbocycles. The maximum absolute atomic E-state index is 12.1. The molecule has 0 unspecified atom stereocenters. The first-order valence-electron chi connectivity index (χ1n) is 10.4. The number of hydrogen-bond donors (Lipinski definition) is 2. The zero-order chi connectivity index (χ0) is 22.8. The van der Waals surface area contributed by atoms with E-state index in [0.29, 0.717) is 25.3 Å². The molecule has 0 spiro atoms. The van der Waals surface area contributed by atoms with Gasteiger partial charge in [0.2, 0.25) is 0 Å². The van der Waals surface area contributed by atoms with E-state index in [1.807, 2.05) is 73.7 Å². The van der Waals surface area contributed by atoms with Gasteiger partial charge in [-0.05, 0) is 59.3 Å². The quantitative estimate of drug-likeness (QED) is 0.261. The average Bonchev–Trinajstić information content (AvgIpc) is 2.83. The van der Waals surface area contributed by atoms with Crippen LogP contribution >= 0.6 is 22.6 Å².